The molecular weight excluding hydrogens is 570 g/mol. The predicted molar refractivity (Wildman–Crippen MR) is 176 cm³/mol. The van der Waals surface area contributed by atoms with Crippen molar-refractivity contribution in [1.29, 1.82) is 0 Å². The zero-order valence-corrected chi connectivity index (χ0v) is 28.0. The molecule has 4 aliphatic rings. The highest BCUT2D eigenvalue weighted by atomic mass is 16.5. The Kier molecular flexibility index (Phi) is 11.6. The van der Waals surface area contributed by atoms with E-state index in [4.69, 9.17) is 14.2 Å². The van der Waals surface area contributed by atoms with Crippen LogP contribution in [-0.4, -0.2) is 76.3 Å². The minimum absolute atomic E-state index is 0.0641. The summed E-state index contributed by atoms with van der Waals surface area (Å²) in [6.45, 7) is 6.64. The number of fused-ring (bicyclic) bond motifs is 1. The van der Waals surface area contributed by atoms with Crippen LogP contribution in [0, 0.1) is 23.7 Å². The molecule has 1 aromatic rings. The van der Waals surface area contributed by atoms with E-state index in [-0.39, 0.29) is 35.5 Å². The smallest absolute Gasteiger partial charge is 0.270 e. The van der Waals surface area contributed by atoms with Gasteiger partial charge in [-0.15, -0.1) is 0 Å². The molecule has 2 aliphatic carbocycles. The van der Waals surface area contributed by atoms with E-state index >= 15 is 0 Å². The third-order valence-electron chi connectivity index (χ3n) is 10.4. The summed E-state index contributed by atoms with van der Waals surface area (Å²) in [7, 11) is 3.44. The summed E-state index contributed by atoms with van der Waals surface area (Å²) in [6, 6.07) is 5.91. The van der Waals surface area contributed by atoms with Crippen molar-refractivity contribution in [1.82, 2.24) is 5.32 Å². The Morgan fingerprint density at radius 2 is 1.80 bits per heavy atom. The maximum Gasteiger partial charge on any atom is 0.270 e. The SMILES string of the molecule is COCCCN1C(=O)C(C)(C)Oc2ccc(N(C(=O)[C@H]3CNC[C@@H](C(=O)CCCC(COC)C4CCCCC4)C3)C3CC3)cc21. The van der Waals surface area contributed by atoms with Gasteiger partial charge in [0, 0.05) is 71.1 Å². The van der Waals surface area contributed by atoms with E-state index in [2.05, 4.69) is 5.32 Å². The van der Waals surface area contributed by atoms with Gasteiger partial charge in [-0.3, -0.25) is 14.4 Å². The van der Waals surface area contributed by atoms with Crippen molar-refractivity contribution in [2.45, 2.75) is 103 Å². The number of carbonyl (C=O) groups is 3. The molecule has 0 spiro atoms. The minimum atomic E-state index is -0.969. The van der Waals surface area contributed by atoms with E-state index in [9.17, 15) is 14.4 Å². The Labute approximate surface area is 269 Å². The highest BCUT2D eigenvalue weighted by Gasteiger charge is 2.43. The summed E-state index contributed by atoms with van der Waals surface area (Å²) in [4.78, 5) is 44.6. The van der Waals surface area contributed by atoms with Crippen molar-refractivity contribution in [2.24, 2.45) is 23.7 Å². The van der Waals surface area contributed by atoms with Crippen molar-refractivity contribution in [2.75, 3.05) is 56.9 Å². The van der Waals surface area contributed by atoms with E-state index in [1.54, 1.807) is 33.0 Å². The van der Waals surface area contributed by atoms with Crippen molar-refractivity contribution in [3.63, 3.8) is 0 Å². The topological polar surface area (TPSA) is 97.4 Å². The molecule has 9 nitrogen and oxygen atoms in total. The molecule has 0 aromatic heterocycles. The summed E-state index contributed by atoms with van der Waals surface area (Å²) in [5.41, 5.74) is 0.513. The number of ether oxygens (including phenoxy) is 3. The van der Waals surface area contributed by atoms with Crippen molar-refractivity contribution in [3.8, 4) is 5.75 Å². The van der Waals surface area contributed by atoms with Gasteiger partial charge in [-0.25, -0.2) is 0 Å². The van der Waals surface area contributed by atoms with Gasteiger partial charge in [-0.2, -0.15) is 0 Å². The summed E-state index contributed by atoms with van der Waals surface area (Å²) in [5, 5.41) is 3.41. The standard InChI is InChI=1S/C36H55N3O6/c1-36(2)35(42)38(18-9-19-43-3)31-21-30(16-17-33(31)45-36)39(29-14-15-29)34(41)28-20-27(22-37-23-28)32(40)13-8-12-26(24-44-4)25-10-6-5-7-11-25/h16-17,21,25-29,37H,5-15,18-20,22-24H2,1-4H3/t26?,27-,28+/m0/s1. The number of hydrogen-bond acceptors (Lipinski definition) is 7. The number of anilines is 2. The van der Waals surface area contributed by atoms with Gasteiger partial charge in [0.2, 0.25) is 5.91 Å². The van der Waals surface area contributed by atoms with Gasteiger partial charge in [0.05, 0.1) is 11.6 Å². The van der Waals surface area contributed by atoms with E-state index < -0.39 is 5.60 Å². The summed E-state index contributed by atoms with van der Waals surface area (Å²) >= 11 is 0. The number of carbonyl (C=O) groups excluding carboxylic acids is 3. The molecule has 1 aromatic carbocycles. The van der Waals surface area contributed by atoms with E-state index in [0.29, 0.717) is 62.9 Å². The molecule has 3 atom stereocenters. The largest absolute Gasteiger partial charge is 0.476 e. The molecule has 1 unspecified atom stereocenters. The second kappa shape index (κ2) is 15.4. The molecule has 1 N–H and O–H groups in total. The minimum Gasteiger partial charge on any atom is -0.476 e. The number of ketones is 1. The lowest BCUT2D eigenvalue weighted by atomic mass is 9.77. The van der Waals surface area contributed by atoms with Crippen LogP contribution < -0.4 is 19.9 Å². The molecule has 0 bridgehead atoms. The average Bonchev–Trinajstić information content (AvgIpc) is 3.88. The maximum atomic E-state index is 14.2. The highest BCUT2D eigenvalue weighted by Crippen LogP contribution is 2.43. The molecule has 9 heteroatoms. The molecule has 2 amide bonds. The van der Waals surface area contributed by atoms with Crippen LogP contribution in [0.4, 0.5) is 11.4 Å². The Bertz CT molecular complexity index is 1180. The van der Waals surface area contributed by atoms with Crippen LogP contribution in [0.1, 0.15) is 90.9 Å². The molecule has 250 valence electrons. The van der Waals surface area contributed by atoms with Crippen LogP contribution in [-0.2, 0) is 23.9 Å². The van der Waals surface area contributed by atoms with Gasteiger partial charge in [-0.1, -0.05) is 32.1 Å². The predicted octanol–water partition coefficient (Wildman–Crippen LogP) is 5.53. The first-order valence-electron chi connectivity index (χ1n) is 17.4. The van der Waals surface area contributed by atoms with Gasteiger partial charge in [0.1, 0.15) is 11.5 Å². The lowest BCUT2D eigenvalue weighted by molar-refractivity contribution is -0.132. The van der Waals surface area contributed by atoms with Gasteiger partial charge in [0.25, 0.3) is 5.91 Å². The molecule has 3 fully saturated rings. The zero-order chi connectivity index (χ0) is 32.0. The quantitative estimate of drug-likeness (QED) is 0.256. The molecule has 2 saturated carbocycles. The lowest BCUT2D eigenvalue weighted by Gasteiger charge is -2.39. The Balaban J connectivity index is 1.24. The second-order valence-corrected chi connectivity index (χ2v) is 14.3. The monoisotopic (exact) mass is 625 g/mol. The highest BCUT2D eigenvalue weighted by molar-refractivity contribution is 6.04. The third kappa shape index (κ3) is 8.27. The molecule has 2 aliphatic heterocycles. The van der Waals surface area contributed by atoms with Crippen LogP contribution in [0.2, 0.25) is 0 Å². The van der Waals surface area contributed by atoms with Crippen molar-refractivity contribution < 1.29 is 28.6 Å². The van der Waals surface area contributed by atoms with E-state index in [0.717, 1.165) is 43.9 Å². The Morgan fingerprint density at radius 1 is 1.04 bits per heavy atom. The molecular formula is C36H55N3O6. The fourth-order valence-corrected chi connectivity index (χ4v) is 7.73. The molecule has 5 rings (SSSR count). The van der Waals surface area contributed by atoms with E-state index in [1.807, 2.05) is 23.1 Å². The number of nitrogens with one attached hydrogen (secondary N) is 1. The number of Topliss-reactive ketones (excluding diaryl/α,β-unsaturated/α-hetero) is 1. The van der Waals surface area contributed by atoms with Crippen LogP contribution >= 0.6 is 0 Å². The van der Waals surface area contributed by atoms with Gasteiger partial charge < -0.3 is 29.3 Å². The average molecular weight is 626 g/mol. The molecule has 0 radical (unpaired) electrons. The van der Waals surface area contributed by atoms with Gasteiger partial charge in [0.15, 0.2) is 5.60 Å². The number of rotatable bonds is 15. The second-order valence-electron chi connectivity index (χ2n) is 14.3. The van der Waals surface area contributed by atoms with Crippen LogP contribution in [0.3, 0.4) is 0 Å². The van der Waals surface area contributed by atoms with Gasteiger partial charge >= 0.3 is 0 Å². The first kappa shape index (κ1) is 33.9. The Hall–Kier alpha value is -2.49. The maximum absolute atomic E-state index is 14.2. The normalized spacial score (nSPS) is 24.1. The number of benzene rings is 1. The summed E-state index contributed by atoms with van der Waals surface area (Å²) in [6.07, 6.45) is 12.2. The number of hydrogen-bond donors (Lipinski definition) is 1. The fraction of sp³-hybridized carbons (Fsp3) is 0.750. The lowest BCUT2D eigenvalue weighted by Crippen LogP contribution is -2.53. The zero-order valence-electron chi connectivity index (χ0n) is 28.0. The fourth-order valence-electron chi connectivity index (χ4n) is 7.73. The number of methoxy groups -OCH3 is 2. The van der Waals surface area contributed by atoms with E-state index in [1.165, 1.54) is 32.1 Å². The molecule has 45 heavy (non-hydrogen) atoms. The number of piperidine rings is 1. The van der Waals surface area contributed by atoms with Gasteiger partial charge in [-0.05, 0) is 82.4 Å². The van der Waals surface area contributed by atoms with Crippen molar-refractivity contribution >= 4 is 29.0 Å². The Morgan fingerprint density at radius 3 is 2.51 bits per heavy atom. The van der Waals surface area contributed by atoms with Crippen molar-refractivity contribution in [3.05, 3.63) is 18.2 Å². The first-order valence-corrected chi connectivity index (χ1v) is 17.4. The number of amides is 2. The first-order chi connectivity index (χ1) is 21.7. The third-order valence-corrected chi connectivity index (χ3v) is 10.4. The summed E-state index contributed by atoms with van der Waals surface area (Å²) in [5.74, 6) is 1.74. The molecule has 2 heterocycles. The van der Waals surface area contributed by atoms with Crippen LogP contribution in [0.25, 0.3) is 0 Å². The van der Waals surface area contributed by atoms with Crippen LogP contribution in [0.15, 0.2) is 18.2 Å². The summed E-state index contributed by atoms with van der Waals surface area (Å²) < 4.78 is 16.9. The van der Waals surface area contributed by atoms with Crippen LogP contribution in [0.5, 0.6) is 5.75 Å². The molecule has 1 saturated heterocycles. The number of nitrogens with zero attached hydrogens (tertiary/aromatic N) is 2.